The number of piperidine rings is 2. The second kappa shape index (κ2) is 13.8. The number of fused-ring (bicyclic) bond motifs is 1. The highest BCUT2D eigenvalue weighted by Gasteiger charge is 2.30. The molecule has 1 aliphatic carbocycles. The molecule has 1 aromatic heterocycles. The molecule has 200 valence electrons. The Morgan fingerprint density at radius 3 is 2.36 bits per heavy atom. The van der Waals surface area contributed by atoms with E-state index in [1.54, 1.807) is 0 Å². The Labute approximate surface area is 224 Å². The van der Waals surface area contributed by atoms with Crippen molar-refractivity contribution in [2.24, 2.45) is 17.8 Å². The van der Waals surface area contributed by atoms with E-state index in [4.69, 9.17) is 0 Å². The topological polar surface area (TPSA) is 58.1 Å². The maximum absolute atomic E-state index is 13.2. The van der Waals surface area contributed by atoms with Crippen LogP contribution in [0, 0.1) is 17.8 Å². The molecule has 5 nitrogen and oxygen atoms in total. The molecule has 1 saturated carbocycles. The van der Waals surface area contributed by atoms with E-state index in [0.717, 1.165) is 70.4 Å². The van der Waals surface area contributed by atoms with Gasteiger partial charge in [-0.05, 0) is 106 Å². The highest BCUT2D eigenvalue weighted by Crippen LogP contribution is 2.39. The number of carbonyl (C=O) groups is 1. The third-order valence-corrected chi connectivity index (χ3v) is 9.09. The van der Waals surface area contributed by atoms with E-state index in [2.05, 4.69) is 51.0 Å². The van der Waals surface area contributed by atoms with Crippen LogP contribution in [0.3, 0.4) is 0 Å². The van der Waals surface area contributed by atoms with Gasteiger partial charge in [0, 0.05) is 36.6 Å². The van der Waals surface area contributed by atoms with E-state index in [-0.39, 0.29) is 18.3 Å². The number of amides is 1. The third kappa shape index (κ3) is 7.05. The number of hydrogen-bond acceptors (Lipinski definition) is 3. The number of hydrogen-bond donors (Lipinski definition) is 3. The summed E-state index contributed by atoms with van der Waals surface area (Å²) in [5.41, 5.74) is 2.77. The first-order chi connectivity index (χ1) is 17.3. The standard InChI is InChI=1S/C30H46N4O.ClH/c35-30(33-19-12-23-10-15-31-16-11-23)20-27(25-13-17-32-18-14-25)28-22-34(21-24-6-2-1-3-7-24)29-9-5-4-8-26(28)29;/h4-5,8-9,22-25,27,31-32H,1-3,6-7,10-21H2,(H,33,35);1H. The van der Waals surface area contributed by atoms with Gasteiger partial charge in [0.2, 0.25) is 5.91 Å². The van der Waals surface area contributed by atoms with Crippen molar-refractivity contribution in [3.05, 3.63) is 36.0 Å². The molecule has 1 unspecified atom stereocenters. The van der Waals surface area contributed by atoms with Gasteiger partial charge in [-0.25, -0.2) is 0 Å². The van der Waals surface area contributed by atoms with Gasteiger partial charge in [-0.2, -0.15) is 0 Å². The van der Waals surface area contributed by atoms with Crippen LogP contribution in [0.5, 0.6) is 0 Å². The van der Waals surface area contributed by atoms with Crippen LogP contribution >= 0.6 is 12.4 Å². The van der Waals surface area contributed by atoms with E-state index in [1.807, 2.05) is 0 Å². The summed E-state index contributed by atoms with van der Waals surface area (Å²) < 4.78 is 2.53. The highest BCUT2D eigenvalue weighted by atomic mass is 35.5. The zero-order valence-electron chi connectivity index (χ0n) is 22.0. The Morgan fingerprint density at radius 2 is 1.61 bits per heavy atom. The summed E-state index contributed by atoms with van der Waals surface area (Å²) in [4.78, 5) is 13.2. The quantitative estimate of drug-likeness (QED) is 0.407. The van der Waals surface area contributed by atoms with Crippen LogP contribution in [0.15, 0.2) is 30.5 Å². The Morgan fingerprint density at radius 1 is 0.917 bits per heavy atom. The van der Waals surface area contributed by atoms with Gasteiger partial charge in [-0.15, -0.1) is 12.4 Å². The van der Waals surface area contributed by atoms with Gasteiger partial charge >= 0.3 is 0 Å². The molecule has 5 rings (SSSR count). The molecule has 3 heterocycles. The normalized spacial score (nSPS) is 21.2. The van der Waals surface area contributed by atoms with E-state index < -0.39 is 0 Å². The van der Waals surface area contributed by atoms with Gasteiger partial charge in [-0.3, -0.25) is 4.79 Å². The van der Waals surface area contributed by atoms with Gasteiger partial charge in [0.1, 0.15) is 0 Å². The Kier molecular flexibility index (Phi) is 10.6. The summed E-state index contributed by atoms with van der Waals surface area (Å²) >= 11 is 0. The van der Waals surface area contributed by atoms with Crippen molar-refractivity contribution < 1.29 is 4.79 Å². The lowest BCUT2D eigenvalue weighted by molar-refractivity contribution is -0.121. The van der Waals surface area contributed by atoms with Crippen LogP contribution < -0.4 is 16.0 Å². The molecule has 3 fully saturated rings. The van der Waals surface area contributed by atoms with Gasteiger partial charge in [0.05, 0.1) is 0 Å². The molecular formula is C30H47ClN4O. The minimum Gasteiger partial charge on any atom is -0.356 e. The number of rotatable bonds is 9. The number of para-hydroxylation sites is 1. The van der Waals surface area contributed by atoms with Gasteiger partial charge in [0.25, 0.3) is 0 Å². The Hall–Kier alpha value is -1.56. The molecule has 0 bridgehead atoms. The number of aromatic nitrogens is 1. The number of nitrogens with zero attached hydrogens (tertiary/aromatic N) is 1. The highest BCUT2D eigenvalue weighted by molar-refractivity contribution is 5.86. The van der Waals surface area contributed by atoms with Crippen LogP contribution in [0.4, 0.5) is 0 Å². The molecule has 6 heteroatoms. The van der Waals surface area contributed by atoms with Crippen LogP contribution in [0.1, 0.15) is 82.1 Å². The predicted octanol–water partition coefficient (Wildman–Crippen LogP) is 5.62. The maximum Gasteiger partial charge on any atom is 0.220 e. The van der Waals surface area contributed by atoms with E-state index in [9.17, 15) is 4.79 Å². The number of carbonyl (C=O) groups excluding carboxylic acids is 1. The van der Waals surface area contributed by atoms with E-state index in [0.29, 0.717) is 18.3 Å². The molecule has 2 aliphatic heterocycles. The molecule has 1 atom stereocenters. The number of nitrogens with one attached hydrogen (secondary N) is 3. The summed E-state index contributed by atoms with van der Waals surface area (Å²) in [5, 5.41) is 11.7. The zero-order chi connectivity index (χ0) is 23.9. The molecule has 0 radical (unpaired) electrons. The van der Waals surface area contributed by atoms with Crippen molar-refractivity contribution in [2.45, 2.75) is 83.1 Å². The Balaban J connectivity index is 0.00000304. The fourth-order valence-corrected chi connectivity index (χ4v) is 7.00. The summed E-state index contributed by atoms with van der Waals surface area (Å²) in [7, 11) is 0. The summed E-state index contributed by atoms with van der Waals surface area (Å²) in [5.74, 6) is 2.66. The fourth-order valence-electron chi connectivity index (χ4n) is 7.00. The monoisotopic (exact) mass is 514 g/mol. The smallest absolute Gasteiger partial charge is 0.220 e. The van der Waals surface area contributed by atoms with Crippen LogP contribution in [-0.4, -0.2) is 43.2 Å². The average Bonchev–Trinajstić information content (AvgIpc) is 3.27. The molecule has 1 aromatic carbocycles. The molecular weight excluding hydrogens is 468 g/mol. The predicted molar refractivity (Wildman–Crippen MR) is 152 cm³/mol. The van der Waals surface area contributed by atoms with Crippen molar-refractivity contribution in [1.29, 1.82) is 0 Å². The molecule has 2 aromatic rings. The van der Waals surface area contributed by atoms with E-state index in [1.165, 1.54) is 61.4 Å². The van der Waals surface area contributed by atoms with Gasteiger partial charge < -0.3 is 20.5 Å². The zero-order valence-corrected chi connectivity index (χ0v) is 22.8. The molecule has 0 spiro atoms. The lowest BCUT2D eigenvalue weighted by atomic mass is 9.78. The van der Waals surface area contributed by atoms with Crippen molar-refractivity contribution in [2.75, 3.05) is 32.7 Å². The van der Waals surface area contributed by atoms with E-state index >= 15 is 0 Å². The molecule has 36 heavy (non-hydrogen) atoms. The fraction of sp³-hybridized carbons (Fsp3) is 0.700. The summed E-state index contributed by atoms with van der Waals surface area (Å²) in [6, 6.07) is 8.94. The summed E-state index contributed by atoms with van der Waals surface area (Å²) in [6.07, 6.45) is 15.9. The molecule has 2 saturated heterocycles. The minimum atomic E-state index is 0. The first-order valence-corrected chi connectivity index (χ1v) is 14.5. The molecule has 1 amide bonds. The minimum absolute atomic E-state index is 0. The lowest BCUT2D eigenvalue weighted by Crippen LogP contribution is -2.34. The largest absolute Gasteiger partial charge is 0.356 e. The number of halogens is 1. The third-order valence-electron chi connectivity index (χ3n) is 9.09. The van der Waals surface area contributed by atoms with Crippen LogP contribution in [-0.2, 0) is 11.3 Å². The lowest BCUT2D eigenvalue weighted by Gasteiger charge is -2.30. The number of benzene rings is 1. The van der Waals surface area contributed by atoms with Crippen molar-refractivity contribution in [3.8, 4) is 0 Å². The first kappa shape index (κ1) is 27.5. The average molecular weight is 515 g/mol. The second-order valence-corrected chi connectivity index (χ2v) is 11.5. The Bertz CT molecular complexity index is 942. The first-order valence-electron chi connectivity index (χ1n) is 14.5. The van der Waals surface area contributed by atoms with Crippen LogP contribution in [0.25, 0.3) is 10.9 Å². The van der Waals surface area contributed by atoms with Gasteiger partial charge in [-0.1, -0.05) is 37.5 Å². The van der Waals surface area contributed by atoms with Crippen LogP contribution in [0.2, 0.25) is 0 Å². The van der Waals surface area contributed by atoms with Crippen molar-refractivity contribution >= 4 is 29.2 Å². The summed E-state index contributed by atoms with van der Waals surface area (Å²) in [6.45, 7) is 6.34. The molecule has 3 N–H and O–H groups in total. The van der Waals surface area contributed by atoms with Gasteiger partial charge in [0.15, 0.2) is 0 Å². The molecule has 3 aliphatic rings. The van der Waals surface area contributed by atoms with Crippen molar-refractivity contribution in [3.63, 3.8) is 0 Å². The SMILES string of the molecule is Cl.O=C(CC(c1cn(CC2CCCCC2)c2ccccc12)C1CCNCC1)NCCC1CCNCC1. The maximum atomic E-state index is 13.2. The second-order valence-electron chi connectivity index (χ2n) is 11.5. The van der Waals surface area contributed by atoms with Crippen molar-refractivity contribution in [1.82, 2.24) is 20.5 Å².